The van der Waals surface area contributed by atoms with Gasteiger partial charge in [-0.25, -0.2) is 9.98 Å². The number of hydrogen-bond acceptors (Lipinski definition) is 4. The Kier molecular flexibility index (Phi) is 7.21. The van der Waals surface area contributed by atoms with E-state index in [4.69, 9.17) is 14.4 Å². The van der Waals surface area contributed by atoms with E-state index < -0.39 is 0 Å². The van der Waals surface area contributed by atoms with Gasteiger partial charge in [0.1, 0.15) is 5.58 Å². The largest absolute Gasteiger partial charge is 0.454 e. The molecule has 1 aliphatic heterocycles. The predicted octanol–water partition coefficient (Wildman–Crippen LogP) is 15.0. The first-order valence-corrected chi connectivity index (χ1v) is 21.2. The summed E-state index contributed by atoms with van der Waals surface area (Å²) in [7, 11) is 0. The second kappa shape index (κ2) is 13.0. The number of para-hydroxylation sites is 2. The molecule has 0 atom stereocenters. The number of hydrogen-bond donors (Lipinski definition) is 0. The molecule has 12 aromatic rings. The number of furan rings is 1. The molecule has 0 amide bonds. The van der Waals surface area contributed by atoms with Gasteiger partial charge in [0.15, 0.2) is 11.4 Å². The fraction of sp³-hybridized carbons (Fsp3) is 0.0182. The number of rotatable bonds is 4. The lowest BCUT2D eigenvalue weighted by Crippen LogP contribution is -2.07. The van der Waals surface area contributed by atoms with Gasteiger partial charge in [-0.3, -0.25) is 0 Å². The van der Waals surface area contributed by atoms with Crippen molar-refractivity contribution in [3.05, 3.63) is 205 Å². The van der Waals surface area contributed by atoms with E-state index in [1.165, 1.54) is 52.5 Å². The lowest BCUT2D eigenvalue weighted by Gasteiger charge is -2.13. The number of aromatic nitrogens is 1. The first-order valence-electron chi connectivity index (χ1n) is 20.4. The molecule has 0 fully saturated rings. The highest BCUT2D eigenvalue weighted by molar-refractivity contribution is 7.25. The fourth-order valence-electron chi connectivity index (χ4n) is 9.48. The minimum absolute atomic E-state index is 0.628. The number of fused-ring (bicyclic) bond motifs is 11. The van der Waals surface area contributed by atoms with Crippen LogP contribution >= 0.6 is 11.3 Å². The second-order valence-corrected chi connectivity index (χ2v) is 16.7. The smallest absolute Gasteiger partial charge is 0.160 e. The number of allylic oxidation sites excluding steroid dienone is 1. The molecule has 3 aromatic heterocycles. The van der Waals surface area contributed by atoms with Gasteiger partial charge >= 0.3 is 0 Å². The highest BCUT2D eigenvalue weighted by Crippen LogP contribution is 2.42. The maximum absolute atomic E-state index is 6.98. The topological polar surface area (TPSA) is 42.8 Å². The average molecular weight is 784 g/mol. The van der Waals surface area contributed by atoms with Crippen LogP contribution in [0, 0.1) is 0 Å². The predicted molar refractivity (Wildman–Crippen MR) is 255 cm³/mol. The molecule has 1 aliphatic rings. The van der Waals surface area contributed by atoms with Crippen LogP contribution in [0.4, 0.5) is 0 Å². The Morgan fingerprint density at radius 3 is 2.10 bits per heavy atom. The zero-order chi connectivity index (χ0) is 39.3. The molecule has 0 unspecified atom stereocenters. The summed E-state index contributed by atoms with van der Waals surface area (Å²) in [6, 6.07) is 65.2. The number of nitrogens with zero attached hydrogens (tertiary/aromatic N) is 3. The second-order valence-electron chi connectivity index (χ2n) is 15.6. The van der Waals surface area contributed by atoms with Crippen molar-refractivity contribution in [2.24, 2.45) is 9.98 Å². The standard InChI is InChI=1S/C55H33N3OS/c1-2-14-35-31-49-44(30-34(35)13-1)39-17-5-8-21-47(39)58(49)48-29-26-43(53-42-19-6-9-22-50(42)59-54(48)53)55-56-45(36-24-25-41-40-18-7-10-23-51(40)60-52(41)32-36)27-28-46(57-55)38-20-11-15-33-12-3-4-16-37(33)38/h1-27,29-32H,28H2. The third kappa shape index (κ3) is 5.03. The Balaban J connectivity index is 1.08. The van der Waals surface area contributed by atoms with Crippen molar-refractivity contribution < 1.29 is 4.42 Å². The molecular weight excluding hydrogens is 751 g/mol. The SMILES string of the molecule is C1=C(c2ccc3c(c2)sc2ccccc23)N=C(c2ccc(-n3c4ccccc4c4cc5ccccc5cc43)c3oc4ccccc4c23)N=C(c2cccc3ccccc23)C1. The van der Waals surface area contributed by atoms with Crippen molar-refractivity contribution in [3.8, 4) is 5.69 Å². The molecule has 0 bridgehead atoms. The van der Waals surface area contributed by atoms with Crippen LogP contribution in [0.25, 0.3) is 96.8 Å². The van der Waals surface area contributed by atoms with Crippen molar-refractivity contribution in [1.82, 2.24) is 4.57 Å². The van der Waals surface area contributed by atoms with Gasteiger partial charge < -0.3 is 8.98 Å². The van der Waals surface area contributed by atoms with Crippen molar-refractivity contribution >= 4 is 114 Å². The van der Waals surface area contributed by atoms with Crippen LogP contribution in [0.15, 0.2) is 202 Å². The molecular formula is C55H33N3OS. The summed E-state index contributed by atoms with van der Waals surface area (Å²) in [6.07, 6.45) is 2.88. The first-order chi connectivity index (χ1) is 29.7. The Morgan fingerprint density at radius 1 is 0.483 bits per heavy atom. The van der Waals surface area contributed by atoms with E-state index in [0.717, 1.165) is 66.8 Å². The van der Waals surface area contributed by atoms with E-state index >= 15 is 0 Å². The summed E-state index contributed by atoms with van der Waals surface area (Å²) in [4.78, 5) is 11.1. The van der Waals surface area contributed by atoms with E-state index in [1.807, 2.05) is 17.4 Å². The zero-order valence-corrected chi connectivity index (χ0v) is 33.1. The number of aliphatic imine (C=N–C) groups is 2. The highest BCUT2D eigenvalue weighted by atomic mass is 32.1. The molecule has 4 heterocycles. The molecule has 0 radical (unpaired) electrons. The molecule has 280 valence electrons. The van der Waals surface area contributed by atoms with Gasteiger partial charge in [-0.15, -0.1) is 11.3 Å². The maximum atomic E-state index is 6.98. The third-order valence-electron chi connectivity index (χ3n) is 12.3. The Morgan fingerprint density at radius 2 is 1.20 bits per heavy atom. The Bertz CT molecular complexity index is 3870. The van der Waals surface area contributed by atoms with Crippen LogP contribution in [0.3, 0.4) is 0 Å². The van der Waals surface area contributed by atoms with Crippen LogP contribution in [-0.2, 0) is 0 Å². The first kappa shape index (κ1) is 33.4. The summed E-state index contributed by atoms with van der Waals surface area (Å²) in [5.74, 6) is 0.662. The van der Waals surface area contributed by atoms with Crippen LogP contribution < -0.4 is 0 Å². The number of thiophene rings is 1. The maximum Gasteiger partial charge on any atom is 0.160 e. The molecule has 9 aromatic carbocycles. The van der Waals surface area contributed by atoms with E-state index in [2.05, 4.69) is 187 Å². The summed E-state index contributed by atoms with van der Waals surface area (Å²) < 4.78 is 11.9. The van der Waals surface area contributed by atoms with E-state index in [0.29, 0.717) is 12.3 Å². The van der Waals surface area contributed by atoms with Gasteiger partial charge in [-0.2, -0.15) is 0 Å². The van der Waals surface area contributed by atoms with Gasteiger partial charge in [0.2, 0.25) is 0 Å². The molecule has 0 saturated carbocycles. The average Bonchev–Trinajstić information content (AvgIpc) is 3.91. The van der Waals surface area contributed by atoms with E-state index in [1.54, 1.807) is 0 Å². The normalized spacial score (nSPS) is 13.6. The summed E-state index contributed by atoms with van der Waals surface area (Å²) >= 11 is 1.83. The molecule has 0 saturated heterocycles. The van der Waals surface area contributed by atoms with Crippen LogP contribution in [0.5, 0.6) is 0 Å². The van der Waals surface area contributed by atoms with Gasteiger partial charge in [-0.1, -0.05) is 140 Å². The quantitative estimate of drug-likeness (QED) is 0.175. The van der Waals surface area contributed by atoms with Gasteiger partial charge in [0, 0.05) is 64.8 Å². The van der Waals surface area contributed by atoms with Gasteiger partial charge in [0.05, 0.1) is 28.1 Å². The fourth-order valence-corrected chi connectivity index (χ4v) is 10.6. The molecule has 0 N–H and O–H groups in total. The molecule has 0 aliphatic carbocycles. The van der Waals surface area contributed by atoms with Gasteiger partial charge in [0.25, 0.3) is 0 Å². The summed E-state index contributed by atoms with van der Waals surface area (Å²) in [5.41, 5.74) is 9.86. The van der Waals surface area contributed by atoms with Crippen molar-refractivity contribution in [3.63, 3.8) is 0 Å². The van der Waals surface area contributed by atoms with Crippen molar-refractivity contribution in [2.45, 2.75) is 6.42 Å². The van der Waals surface area contributed by atoms with Crippen LogP contribution in [0.1, 0.15) is 23.1 Å². The van der Waals surface area contributed by atoms with E-state index in [-0.39, 0.29) is 0 Å². The van der Waals surface area contributed by atoms with Crippen LogP contribution in [0.2, 0.25) is 0 Å². The minimum atomic E-state index is 0.628. The van der Waals surface area contributed by atoms with E-state index in [9.17, 15) is 0 Å². The lowest BCUT2D eigenvalue weighted by molar-refractivity contribution is 0.666. The molecule has 5 heteroatoms. The molecule has 4 nitrogen and oxygen atoms in total. The molecule has 0 spiro atoms. The highest BCUT2D eigenvalue weighted by Gasteiger charge is 2.24. The minimum Gasteiger partial charge on any atom is -0.454 e. The number of amidine groups is 1. The van der Waals surface area contributed by atoms with Crippen molar-refractivity contribution in [2.75, 3.05) is 0 Å². The zero-order valence-electron chi connectivity index (χ0n) is 32.3. The monoisotopic (exact) mass is 783 g/mol. The summed E-state index contributed by atoms with van der Waals surface area (Å²) in [6.45, 7) is 0. The number of benzene rings is 9. The molecule has 60 heavy (non-hydrogen) atoms. The van der Waals surface area contributed by atoms with Crippen molar-refractivity contribution in [1.29, 1.82) is 0 Å². The molecule has 13 rings (SSSR count). The van der Waals surface area contributed by atoms with Crippen LogP contribution in [-0.4, -0.2) is 16.1 Å². The summed E-state index contributed by atoms with van der Waals surface area (Å²) in [5, 5.41) is 11.8. The third-order valence-corrected chi connectivity index (χ3v) is 13.4. The lowest BCUT2D eigenvalue weighted by atomic mass is 9.98. The van der Waals surface area contributed by atoms with Gasteiger partial charge in [-0.05, 0) is 70.1 Å². The Hall–Kier alpha value is -7.60. The Labute approximate surface area is 348 Å².